The van der Waals surface area contributed by atoms with Crippen LogP contribution in [-0.2, 0) is 17.9 Å². The van der Waals surface area contributed by atoms with Gasteiger partial charge in [0, 0.05) is 17.8 Å². The summed E-state index contributed by atoms with van der Waals surface area (Å²) in [6.45, 7) is 1.60. The molecule has 0 saturated carbocycles. The molecular weight excluding hydrogens is 421 g/mol. The van der Waals surface area contributed by atoms with Gasteiger partial charge in [0.15, 0.2) is 0 Å². The van der Waals surface area contributed by atoms with Crippen molar-refractivity contribution >= 4 is 17.5 Å². The Morgan fingerprint density at radius 2 is 1.85 bits per heavy atom. The van der Waals surface area contributed by atoms with E-state index in [2.05, 4.69) is 10.2 Å². The van der Waals surface area contributed by atoms with Crippen LogP contribution in [0, 0.1) is 5.82 Å². The maximum Gasteiger partial charge on any atom is 0.255 e. The molecule has 3 N–H and O–H groups in total. The Morgan fingerprint density at radius 3 is 2.64 bits per heavy atom. The summed E-state index contributed by atoms with van der Waals surface area (Å²) >= 11 is 0. The lowest BCUT2D eigenvalue weighted by atomic mass is 10.1. The minimum absolute atomic E-state index is 0.262. The molecule has 1 aliphatic rings. The van der Waals surface area contributed by atoms with Crippen LogP contribution in [0.25, 0.3) is 0 Å². The maximum atomic E-state index is 13.1. The lowest BCUT2D eigenvalue weighted by molar-refractivity contribution is -0.122. The number of carbonyl (C=O) groups excluding carboxylic acids is 2. The first-order valence-electron chi connectivity index (χ1n) is 10.9. The minimum Gasteiger partial charge on any atom is -0.489 e. The predicted molar refractivity (Wildman–Crippen MR) is 124 cm³/mol. The Bertz CT molecular complexity index is 1130. The summed E-state index contributed by atoms with van der Waals surface area (Å²) in [6.07, 6.45) is 1.68. The standard InChI is InChI=1S/C26H26FN3O3/c27-21-12-10-18(11-13-21)17-33-22-7-3-6-19(15-22)26(32)29-23-8-2-1-5-20(23)16-30-14-4-9-24(30)25(28)31/h1-3,5-8,10-13,15,24H,4,9,14,16-17H2,(H2,28,31)(H,29,32). The van der Waals surface area contributed by atoms with Crippen molar-refractivity contribution in [3.8, 4) is 5.75 Å². The molecule has 1 aliphatic heterocycles. The van der Waals surface area contributed by atoms with Gasteiger partial charge in [-0.25, -0.2) is 4.39 Å². The van der Waals surface area contributed by atoms with Gasteiger partial charge in [0.2, 0.25) is 5.91 Å². The zero-order valence-corrected chi connectivity index (χ0v) is 18.2. The van der Waals surface area contributed by atoms with Crippen LogP contribution in [0.2, 0.25) is 0 Å². The van der Waals surface area contributed by atoms with Crippen LogP contribution in [0.3, 0.4) is 0 Å². The number of ether oxygens (including phenoxy) is 1. The first-order chi connectivity index (χ1) is 16.0. The zero-order chi connectivity index (χ0) is 23.2. The molecule has 1 saturated heterocycles. The quantitative estimate of drug-likeness (QED) is 0.544. The van der Waals surface area contributed by atoms with Gasteiger partial charge in [-0.05, 0) is 66.9 Å². The second-order valence-electron chi connectivity index (χ2n) is 8.09. The third-order valence-corrected chi connectivity index (χ3v) is 5.75. The lowest BCUT2D eigenvalue weighted by Crippen LogP contribution is -2.39. The van der Waals surface area contributed by atoms with Gasteiger partial charge in [0.25, 0.3) is 5.91 Å². The number of benzene rings is 3. The summed E-state index contributed by atoms with van der Waals surface area (Å²) in [5, 5.41) is 2.97. The molecule has 33 heavy (non-hydrogen) atoms. The van der Waals surface area contributed by atoms with Crippen molar-refractivity contribution in [1.82, 2.24) is 4.90 Å². The van der Waals surface area contributed by atoms with Gasteiger partial charge in [0.1, 0.15) is 18.2 Å². The van der Waals surface area contributed by atoms with Crippen LogP contribution in [0.4, 0.5) is 10.1 Å². The van der Waals surface area contributed by atoms with Gasteiger partial charge in [-0.2, -0.15) is 0 Å². The molecule has 1 fully saturated rings. The highest BCUT2D eigenvalue weighted by Gasteiger charge is 2.29. The highest BCUT2D eigenvalue weighted by atomic mass is 19.1. The van der Waals surface area contributed by atoms with Crippen LogP contribution >= 0.6 is 0 Å². The fourth-order valence-corrected chi connectivity index (χ4v) is 4.01. The number of hydrogen-bond acceptors (Lipinski definition) is 4. The van der Waals surface area contributed by atoms with Gasteiger partial charge in [-0.3, -0.25) is 14.5 Å². The lowest BCUT2D eigenvalue weighted by Gasteiger charge is -2.23. The number of amides is 2. The van der Waals surface area contributed by atoms with E-state index in [4.69, 9.17) is 10.5 Å². The predicted octanol–water partition coefficient (Wildman–Crippen LogP) is 4.11. The van der Waals surface area contributed by atoms with Gasteiger partial charge < -0.3 is 15.8 Å². The van der Waals surface area contributed by atoms with Gasteiger partial charge in [-0.1, -0.05) is 36.4 Å². The second kappa shape index (κ2) is 10.3. The maximum absolute atomic E-state index is 13.1. The second-order valence-corrected chi connectivity index (χ2v) is 8.09. The summed E-state index contributed by atoms with van der Waals surface area (Å²) in [5.41, 5.74) is 8.44. The van der Waals surface area contributed by atoms with Crippen LogP contribution in [0.1, 0.15) is 34.3 Å². The number of nitrogens with one attached hydrogen (secondary N) is 1. The molecule has 6 nitrogen and oxygen atoms in total. The van der Waals surface area contributed by atoms with Gasteiger partial charge in [0.05, 0.1) is 6.04 Å². The summed E-state index contributed by atoms with van der Waals surface area (Å²) in [5.74, 6) is -0.330. The molecule has 1 unspecified atom stereocenters. The fraction of sp³-hybridized carbons (Fsp3) is 0.231. The van der Waals surface area contributed by atoms with Crippen molar-refractivity contribution in [2.45, 2.75) is 32.0 Å². The first kappa shape index (κ1) is 22.5. The number of anilines is 1. The monoisotopic (exact) mass is 447 g/mol. The van der Waals surface area contributed by atoms with Gasteiger partial charge in [-0.15, -0.1) is 0 Å². The van der Waals surface area contributed by atoms with E-state index in [0.717, 1.165) is 30.5 Å². The van der Waals surface area contributed by atoms with E-state index >= 15 is 0 Å². The van der Waals surface area contributed by atoms with Crippen molar-refractivity contribution in [3.05, 3.63) is 95.3 Å². The normalized spacial score (nSPS) is 15.8. The number of para-hydroxylation sites is 1. The van der Waals surface area contributed by atoms with Gasteiger partial charge >= 0.3 is 0 Å². The highest BCUT2D eigenvalue weighted by molar-refractivity contribution is 6.04. The summed E-state index contributed by atoms with van der Waals surface area (Å²) in [4.78, 5) is 26.7. The van der Waals surface area contributed by atoms with Crippen molar-refractivity contribution in [3.63, 3.8) is 0 Å². The molecule has 1 heterocycles. The molecule has 3 aromatic rings. The molecular formula is C26H26FN3O3. The van der Waals surface area contributed by atoms with Crippen molar-refractivity contribution < 1.29 is 18.7 Å². The topological polar surface area (TPSA) is 84.7 Å². The van der Waals surface area contributed by atoms with Crippen LogP contribution in [0.15, 0.2) is 72.8 Å². The van der Waals surface area contributed by atoms with E-state index in [-0.39, 0.29) is 30.3 Å². The van der Waals surface area contributed by atoms with E-state index in [0.29, 0.717) is 23.5 Å². The van der Waals surface area contributed by atoms with E-state index in [1.54, 1.807) is 36.4 Å². The van der Waals surface area contributed by atoms with E-state index < -0.39 is 0 Å². The molecule has 0 spiro atoms. The number of primary amides is 1. The Balaban J connectivity index is 1.43. The molecule has 0 radical (unpaired) electrons. The summed E-state index contributed by atoms with van der Waals surface area (Å²) in [7, 11) is 0. The van der Waals surface area contributed by atoms with E-state index in [9.17, 15) is 14.0 Å². The number of likely N-dealkylation sites (tertiary alicyclic amines) is 1. The number of rotatable bonds is 8. The summed E-state index contributed by atoms with van der Waals surface area (Å²) in [6, 6.07) is 20.3. The minimum atomic E-state index is -0.313. The Labute approximate surface area is 192 Å². The Morgan fingerprint density at radius 1 is 1.06 bits per heavy atom. The number of nitrogens with two attached hydrogens (primary N) is 1. The van der Waals surface area contributed by atoms with Crippen molar-refractivity contribution in [2.24, 2.45) is 5.73 Å². The average Bonchev–Trinajstić information content (AvgIpc) is 3.29. The molecule has 170 valence electrons. The van der Waals surface area contributed by atoms with Crippen LogP contribution in [0.5, 0.6) is 5.75 Å². The SMILES string of the molecule is NC(=O)C1CCCN1Cc1ccccc1NC(=O)c1cccc(OCc2ccc(F)cc2)c1. The van der Waals surface area contributed by atoms with Crippen molar-refractivity contribution in [2.75, 3.05) is 11.9 Å². The fourth-order valence-electron chi connectivity index (χ4n) is 4.01. The van der Waals surface area contributed by atoms with Crippen molar-refractivity contribution in [1.29, 1.82) is 0 Å². The number of carbonyl (C=O) groups is 2. The number of hydrogen-bond donors (Lipinski definition) is 2. The molecule has 0 bridgehead atoms. The first-order valence-corrected chi connectivity index (χ1v) is 10.9. The average molecular weight is 448 g/mol. The molecule has 0 aromatic heterocycles. The summed E-state index contributed by atoms with van der Waals surface area (Å²) < 4.78 is 18.8. The molecule has 4 rings (SSSR count). The molecule has 2 amide bonds. The number of nitrogens with zero attached hydrogens (tertiary/aromatic N) is 1. The molecule has 3 aromatic carbocycles. The Hall–Kier alpha value is -3.71. The molecule has 0 aliphatic carbocycles. The third-order valence-electron chi connectivity index (χ3n) is 5.75. The zero-order valence-electron chi connectivity index (χ0n) is 18.2. The number of halogens is 1. The molecule has 7 heteroatoms. The van der Waals surface area contributed by atoms with E-state index in [1.807, 2.05) is 24.3 Å². The van der Waals surface area contributed by atoms with E-state index in [1.165, 1.54) is 12.1 Å². The highest BCUT2D eigenvalue weighted by Crippen LogP contribution is 2.24. The third kappa shape index (κ3) is 5.75. The largest absolute Gasteiger partial charge is 0.489 e. The Kier molecular flexibility index (Phi) is 7.00. The molecule has 1 atom stereocenters. The smallest absolute Gasteiger partial charge is 0.255 e. The van der Waals surface area contributed by atoms with Crippen LogP contribution in [-0.4, -0.2) is 29.3 Å². The van der Waals surface area contributed by atoms with Crippen LogP contribution < -0.4 is 15.8 Å².